The summed E-state index contributed by atoms with van der Waals surface area (Å²) in [5.41, 5.74) is 6.24. The number of pyridine rings is 2. The molecule has 4 aromatic heterocycles. The number of hydrogen-bond acceptors (Lipinski definition) is 5. The van der Waals surface area contributed by atoms with Crippen molar-refractivity contribution in [3.8, 4) is 22.5 Å². The van der Waals surface area contributed by atoms with Crippen LogP contribution in [0.5, 0.6) is 0 Å². The van der Waals surface area contributed by atoms with E-state index in [0.717, 1.165) is 39.2 Å². The van der Waals surface area contributed by atoms with Gasteiger partial charge in [0.15, 0.2) is 11.6 Å². The molecule has 0 aliphatic heterocycles. The van der Waals surface area contributed by atoms with Gasteiger partial charge in [0.05, 0.1) is 0 Å². The summed E-state index contributed by atoms with van der Waals surface area (Å²) in [5.74, 6) is 1.41. The number of fused-ring (bicyclic) bond motifs is 1. The number of rotatable bonds is 5. The molecular weight excluding hydrogens is 372 g/mol. The average Bonchev–Trinajstić information content (AvgIpc) is 3.23. The maximum atomic E-state index is 4.89. The predicted molar refractivity (Wildman–Crippen MR) is 118 cm³/mol. The van der Waals surface area contributed by atoms with Gasteiger partial charge in [0.2, 0.25) is 0 Å². The van der Waals surface area contributed by atoms with Gasteiger partial charge in [-0.3, -0.25) is 9.97 Å². The van der Waals surface area contributed by atoms with E-state index in [1.54, 1.807) is 18.6 Å². The van der Waals surface area contributed by atoms with E-state index in [2.05, 4.69) is 33.5 Å². The van der Waals surface area contributed by atoms with Gasteiger partial charge in [-0.25, -0.2) is 9.50 Å². The normalized spacial score (nSPS) is 11.0. The van der Waals surface area contributed by atoms with Gasteiger partial charge < -0.3 is 5.32 Å². The molecule has 30 heavy (non-hydrogen) atoms. The molecule has 4 heterocycles. The lowest BCUT2D eigenvalue weighted by Gasteiger charge is -2.12. The molecule has 146 valence electrons. The van der Waals surface area contributed by atoms with Gasteiger partial charge in [-0.05, 0) is 47.9 Å². The van der Waals surface area contributed by atoms with Crippen molar-refractivity contribution in [3.63, 3.8) is 0 Å². The van der Waals surface area contributed by atoms with Crippen molar-refractivity contribution in [2.75, 3.05) is 5.32 Å². The van der Waals surface area contributed by atoms with Gasteiger partial charge in [0, 0.05) is 48.7 Å². The molecule has 1 aromatic carbocycles. The topological polar surface area (TPSA) is 68.0 Å². The van der Waals surface area contributed by atoms with Crippen LogP contribution in [0.25, 0.3) is 28.0 Å². The maximum absolute atomic E-state index is 4.89. The molecule has 0 atom stereocenters. The first kappa shape index (κ1) is 18.0. The van der Waals surface area contributed by atoms with Crippen LogP contribution >= 0.6 is 0 Å². The molecule has 0 spiro atoms. The highest BCUT2D eigenvalue weighted by Gasteiger charge is 2.15. The fraction of sp³-hybridized carbons (Fsp3) is 0.0833. The summed E-state index contributed by atoms with van der Waals surface area (Å²) in [7, 11) is 0. The van der Waals surface area contributed by atoms with E-state index in [9.17, 15) is 0 Å². The number of aromatic nitrogens is 5. The van der Waals surface area contributed by atoms with Crippen LogP contribution in [-0.4, -0.2) is 24.6 Å². The van der Waals surface area contributed by atoms with E-state index in [4.69, 9.17) is 10.1 Å². The third-order valence-corrected chi connectivity index (χ3v) is 4.94. The Labute approximate surface area is 174 Å². The number of nitrogens with one attached hydrogen (secondary N) is 1. The largest absolute Gasteiger partial charge is 0.364 e. The van der Waals surface area contributed by atoms with Crippen molar-refractivity contribution in [2.45, 2.75) is 13.5 Å². The van der Waals surface area contributed by atoms with Crippen molar-refractivity contribution in [1.82, 2.24) is 24.6 Å². The van der Waals surface area contributed by atoms with Crippen LogP contribution < -0.4 is 5.32 Å². The second-order valence-corrected chi connectivity index (χ2v) is 7.13. The summed E-state index contributed by atoms with van der Waals surface area (Å²) in [6, 6.07) is 18.4. The molecule has 0 unspecified atom stereocenters. The molecule has 0 aliphatic rings. The van der Waals surface area contributed by atoms with Crippen LogP contribution in [0.4, 0.5) is 5.82 Å². The molecule has 0 saturated carbocycles. The highest BCUT2D eigenvalue weighted by Crippen LogP contribution is 2.31. The van der Waals surface area contributed by atoms with Crippen LogP contribution in [-0.2, 0) is 6.54 Å². The Bertz CT molecular complexity index is 1300. The lowest BCUT2D eigenvalue weighted by Crippen LogP contribution is -2.07. The Morgan fingerprint density at radius 2 is 1.73 bits per heavy atom. The first-order chi connectivity index (χ1) is 14.8. The second kappa shape index (κ2) is 7.75. The zero-order valence-corrected chi connectivity index (χ0v) is 16.5. The Hall–Kier alpha value is -4.06. The van der Waals surface area contributed by atoms with Crippen LogP contribution in [0.15, 0.2) is 85.6 Å². The lowest BCUT2D eigenvalue weighted by molar-refractivity contribution is 0.908. The summed E-state index contributed by atoms with van der Waals surface area (Å²) in [5, 5.41) is 8.27. The SMILES string of the molecule is Cc1cncc(-c2nc(NCc3ccncc3)c3c(-c4ccccc4)ccn3n2)c1. The molecule has 5 aromatic rings. The minimum absolute atomic E-state index is 0.631. The standard InChI is InChI=1S/C24H20N6/c1-17-13-20(16-26-14-17)23-28-24(27-15-18-7-10-25-11-8-18)22-21(9-12-30(22)29-23)19-5-3-2-4-6-19/h2-14,16H,15H2,1H3,(H,27,28,29). The molecule has 0 saturated heterocycles. The van der Waals surface area contributed by atoms with Crippen LogP contribution in [0.1, 0.15) is 11.1 Å². The minimum Gasteiger partial charge on any atom is -0.364 e. The molecule has 5 rings (SSSR count). The summed E-state index contributed by atoms with van der Waals surface area (Å²) in [4.78, 5) is 13.3. The van der Waals surface area contributed by atoms with Gasteiger partial charge in [-0.2, -0.15) is 0 Å². The molecule has 6 nitrogen and oxygen atoms in total. The van der Waals surface area contributed by atoms with Crippen molar-refractivity contribution < 1.29 is 0 Å². The Kier molecular flexibility index (Phi) is 4.65. The quantitative estimate of drug-likeness (QED) is 0.466. The highest BCUT2D eigenvalue weighted by atomic mass is 15.3. The summed E-state index contributed by atoms with van der Waals surface area (Å²) < 4.78 is 1.89. The number of anilines is 1. The fourth-order valence-electron chi connectivity index (χ4n) is 3.48. The van der Waals surface area contributed by atoms with Gasteiger partial charge in [-0.1, -0.05) is 30.3 Å². The van der Waals surface area contributed by atoms with Gasteiger partial charge in [-0.15, -0.1) is 5.10 Å². The van der Waals surface area contributed by atoms with Gasteiger partial charge in [0.25, 0.3) is 0 Å². The zero-order chi connectivity index (χ0) is 20.3. The van der Waals surface area contributed by atoms with Crippen molar-refractivity contribution >= 4 is 11.3 Å². The fourth-order valence-corrected chi connectivity index (χ4v) is 3.48. The number of aryl methyl sites for hydroxylation is 1. The predicted octanol–water partition coefficient (Wildman–Crippen LogP) is 4.77. The Balaban J connectivity index is 1.65. The van der Waals surface area contributed by atoms with Crippen LogP contribution in [0.3, 0.4) is 0 Å². The third kappa shape index (κ3) is 3.51. The lowest BCUT2D eigenvalue weighted by atomic mass is 10.1. The monoisotopic (exact) mass is 392 g/mol. The van der Waals surface area contributed by atoms with E-state index >= 15 is 0 Å². The maximum Gasteiger partial charge on any atom is 0.183 e. The summed E-state index contributed by atoms with van der Waals surface area (Å²) >= 11 is 0. The molecule has 6 heteroatoms. The third-order valence-electron chi connectivity index (χ3n) is 4.94. The summed E-state index contributed by atoms with van der Waals surface area (Å²) in [6.07, 6.45) is 9.19. The van der Waals surface area contributed by atoms with Crippen molar-refractivity contribution in [3.05, 3.63) is 96.7 Å². The molecule has 0 bridgehead atoms. The Morgan fingerprint density at radius 3 is 2.53 bits per heavy atom. The Morgan fingerprint density at radius 1 is 0.900 bits per heavy atom. The van der Waals surface area contributed by atoms with Crippen molar-refractivity contribution in [1.29, 1.82) is 0 Å². The van der Waals surface area contributed by atoms with E-state index in [-0.39, 0.29) is 0 Å². The smallest absolute Gasteiger partial charge is 0.183 e. The molecule has 0 fully saturated rings. The molecular formula is C24H20N6. The highest BCUT2D eigenvalue weighted by molar-refractivity contribution is 5.89. The van der Waals surface area contributed by atoms with E-state index in [0.29, 0.717) is 12.4 Å². The van der Waals surface area contributed by atoms with Crippen LogP contribution in [0.2, 0.25) is 0 Å². The molecule has 0 radical (unpaired) electrons. The average molecular weight is 392 g/mol. The van der Waals surface area contributed by atoms with E-state index in [1.165, 1.54) is 0 Å². The number of hydrogen-bond donors (Lipinski definition) is 1. The van der Waals surface area contributed by atoms with Crippen LogP contribution in [0, 0.1) is 6.92 Å². The van der Waals surface area contributed by atoms with E-state index in [1.807, 2.05) is 60.2 Å². The second-order valence-electron chi connectivity index (χ2n) is 7.13. The molecule has 0 amide bonds. The first-order valence-electron chi connectivity index (χ1n) is 9.77. The zero-order valence-electron chi connectivity index (χ0n) is 16.5. The van der Waals surface area contributed by atoms with Gasteiger partial charge >= 0.3 is 0 Å². The minimum atomic E-state index is 0.631. The van der Waals surface area contributed by atoms with Gasteiger partial charge in [0.1, 0.15) is 5.52 Å². The molecule has 1 N–H and O–H groups in total. The number of nitrogens with zero attached hydrogens (tertiary/aromatic N) is 5. The molecule has 0 aliphatic carbocycles. The summed E-state index contributed by atoms with van der Waals surface area (Å²) in [6.45, 7) is 2.65. The van der Waals surface area contributed by atoms with E-state index < -0.39 is 0 Å². The van der Waals surface area contributed by atoms with Crippen molar-refractivity contribution in [2.24, 2.45) is 0 Å². The first-order valence-corrected chi connectivity index (χ1v) is 9.77. The number of benzene rings is 1.